The number of nitrogens with one attached hydrogen (secondary N) is 1. The summed E-state index contributed by atoms with van der Waals surface area (Å²) in [7, 11) is 0. The molecule has 110 valence electrons. The smallest absolute Gasteiger partial charge is 0.326 e. The molecule has 9 nitrogen and oxygen atoms in total. The van der Waals surface area contributed by atoms with Gasteiger partial charge in [0.1, 0.15) is 6.54 Å². The quantitative estimate of drug-likeness (QED) is 0.370. The van der Waals surface area contributed by atoms with E-state index in [1.807, 2.05) is 0 Å². The number of carbonyl (C=O) groups is 1. The number of non-ortho nitro benzene ring substituents is 1. The van der Waals surface area contributed by atoms with Crippen LogP contribution < -0.4 is 11.1 Å². The summed E-state index contributed by atoms with van der Waals surface area (Å²) < 4.78 is 5.58. The zero-order valence-corrected chi connectivity index (χ0v) is 11.0. The second kappa shape index (κ2) is 5.57. The number of hydrogen-bond donors (Lipinski definition) is 1. The van der Waals surface area contributed by atoms with E-state index in [9.17, 15) is 24.5 Å². The van der Waals surface area contributed by atoms with E-state index in [0.717, 1.165) is 10.6 Å². The number of aromatic nitrogens is 2. The van der Waals surface area contributed by atoms with Gasteiger partial charge in [0.25, 0.3) is 5.69 Å². The van der Waals surface area contributed by atoms with Gasteiger partial charge >= 0.3 is 17.1 Å². The summed E-state index contributed by atoms with van der Waals surface area (Å²) in [6, 6.07) is 3.61. The van der Waals surface area contributed by atoms with Crippen LogP contribution in [-0.2, 0) is 16.1 Å². The third-order valence-corrected chi connectivity index (χ3v) is 2.76. The van der Waals surface area contributed by atoms with Crippen LogP contribution in [0, 0.1) is 10.1 Å². The predicted octanol–water partition coefficient (Wildman–Crippen LogP) is 0.161. The average Bonchev–Trinajstić information content (AvgIpc) is 2.43. The number of nitrogens with zero attached hydrogens (tertiary/aromatic N) is 2. The Morgan fingerprint density at radius 1 is 1.43 bits per heavy atom. The molecule has 0 aliphatic heterocycles. The van der Waals surface area contributed by atoms with Gasteiger partial charge in [-0.25, -0.2) is 0 Å². The standard InChI is InChI=1S/C12H11N3O6/c1-2-21-10(16)6-14-9-5-7(15(19)20)3-4-8(9)13-11(17)12(14)18/h3-5H,2,6H2,1H3,(H,13,17). The van der Waals surface area contributed by atoms with Gasteiger partial charge in [-0.15, -0.1) is 0 Å². The number of fused-ring (bicyclic) bond motifs is 1. The lowest BCUT2D eigenvalue weighted by molar-refractivity contribution is -0.384. The first-order valence-electron chi connectivity index (χ1n) is 6.01. The Morgan fingerprint density at radius 2 is 2.14 bits per heavy atom. The van der Waals surface area contributed by atoms with Gasteiger partial charge in [-0.2, -0.15) is 0 Å². The van der Waals surface area contributed by atoms with Gasteiger partial charge < -0.3 is 9.72 Å². The number of rotatable bonds is 4. The van der Waals surface area contributed by atoms with E-state index in [-0.39, 0.29) is 23.3 Å². The highest BCUT2D eigenvalue weighted by atomic mass is 16.6. The number of benzene rings is 1. The van der Waals surface area contributed by atoms with Crippen molar-refractivity contribution < 1.29 is 14.5 Å². The molecule has 1 N–H and O–H groups in total. The maximum Gasteiger partial charge on any atom is 0.326 e. The Balaban J connectivity index is 2.69. The summed E-state index contributed by atoms with van der Waals surface area (Å²) in [6.07, 6.45) is 0. The van der Waals surface area contributed by atoms with Gasteiger partial charge in [0.2, 0.25) is 0 Å². The van der Waals surface area contributed by atoms with Crippen LogP contribution in [-0.4, -0.2) is 27.1 Å². The first kappa shape index (κ1) is 14.4. The molecule has 0 aliphatic rings. The number of carbonyl (C=O) groups excluding carboxylic acids is 1. The Hall–Kier alpha value is -2.97. The zero-order valence-electron chi connectivity index (χ0n) is 11.0. The molecule has 0 amide bonds. The number of nitro benzene ring substituents is 1. The number of nitro groups is 1. The first-order valence-corrected chi connectivity index (χ1v) is 6.01. The van der Waals surface area contributed by atoms with Gasteiger partial charge in [-0.3, -0.25) is 29.1 Å². The summed E-state index contributed by atoms with van der Waals surface area (Å²) in [5, 5.41) is 10.8. The highest BCUT2D eigenvalue weighted by Gasteiger charge is 2.15. The highest BCUT2D eigenvalue weighted by Crippen LogP contribution is 2.17. The van der Waals surface area contributed by atoms with Crippen LogP contribution in [0.1, 0.15) is 6.92 Å². The van der Waals surface area contributed by atoms with Crippen molar-refractivity contribution in [2.75, 3.05) is 6.61 Å². The van der Waals surface area contributed by atoms with Crippen LogP contribution in [0.5, 0.6) is 0 Å². The Morgan fingerprint density at radius 3 is 2.76 bits per heavy atom. The molecule has 1 heterocycles. The minimum absolute atomic E-state index is 0.0850. The molecule has 0 bridgehead atoms. The Bertz CT molecular complexity index is 835. The van der Waals surface area contributed by atoms with Crippen LogP contribution in [0.25, 0.3) is 11.0 Å². The van der Waals surface area contributed by atoms with Crippen LogP contribution in [0.2, 0.25) is 0 Å². The normalized spacial score (nSPS) is 10.5. The Kier molecular flexibility index (Phi) is 3.83. The zero-order chi connectivity index (χ0) is 15.6. The van der Waals surface area contributed by atoms with E-state index in [2.05, 4.69) is 4.98 Å². The number of esters is 1. The molecule has 2 rings (SSSR count). The number of hydrogen-bond acceptors (Lipinski definition) is 6. The number of aromatic amines is 1. The molecule has 0 radical (unpaired) electrons. The van der Waals surface area contributed by atoms with E-state index in [1.165, 1.54) is 12.1 Å². The van der Waals surface area contributed by atoms with E-state index >= 15 is 0 Å². The van der Waals surface area contributed by atoms with Crippen LogP contribution in [0.3, 0.4) is 0 Å². The van der Waals surface area contributed by atoms with Crippen molar-refractivity contribution in [2.24, 2.45) is 0 Å². The van der Waals surface area contributed by atoms with E-state index in [1.54, 1.807) is 6.92 Å². The monoisotopic (exact) mass is 293 g/mol. The first-order chi connectivity index (χ1) is 9.93. The summed E-state index contributed by atoms with van der Waals surface area (Å²) >= 11 is 0. The topological polar surface area (TPSA) is 124 Å². The lowest BCUT2D eigenvalue weighted by atomic mass is 10.2. The minimum atomic E-state index is -0.976. The molecular formula is C12H11N3O6. The molecule has 0 fully saturated rings. The van der Waals surface area contributed by atoms with Gasteiger partial charge in [0, 0.05) is 12.1 Å². The SMILES string of the molecule is CCOC(=O)Cn1c(=O)c(=O)[nH]c2ccc([N+](=O)[O-])cc21. The van der Waals surface area contributed by atoms with Crippen molar-refractivity contribution in [3.63, 3.8) is 0 Å². The highest BCUT2D eigenvalue weighted by molar-refractivity contribution is 5.79. The van der Waals surface area contributed by atoms with Crippen molar-refractivity contribution in [3.8, 4) is 0 Å². The van der Waals surface area contributed by atoms with Gasteiger partial charge in [0.15, 0.2) is 0 Å². The fourth-order valence-electron chi connectivity index (χ4n) is 1.86. The molecule has 0 spiro atoms. The predicted molar refractivity (Wildman–Crippen MR) is 72.1 cm³/mol. The molecule has 0 saturated heterocycles. The Labute approximate surface area is 116 Å². The fourth-order valence-corrected chi connectivity index (χ4v) is 1.86. The number of H-pyrrole nitrogens is 1. The third-order valence-electron chi connectivity index (χ3n) is 2.76. The minimum Gasteiger partial charge on any atom is -0.465 e. The van der Waals surface area contributed by atoms with E-state index in [4.69, 9.17) is 4.74 Å². The van der Waals surface area contributed by atoms with Gasteiger partial charge in [-0.05, 0) is 13.0 Å². The largest absolute Gasteiger partial charge is 0.465 e. The van der Waals surface area contributed by atoms with Crippen molar-refractivity contribution >= 4 is 22.7 Å². The molecule has 0 unspecified atom stereocenters. The van der Waals surface area contributed by atoms with Crippen LogP contribution >= 0.6 is 0 Å². The molecule has 1 aromatic carbocycles. The number of ether oxygens (including phenoxy) is 1. The molecule has 0 saturated carbocycles. The van der Waals surface area contributed by atoms with Crippen LogP contribution in [0.15, 0.2) is 27.8 Å². The fraction of sp³-hybridized carbons (Fsp3) is 0.250. The second-order valence-electron chi connectivity index (χ2n) is 4.11. The maximum absolute atomic E-state index is 11.8. The van der Waals surface area contributed by atoms with Gasteiger partial charge in [0.05, 0.1) is 22.6 Å². The van der Waals surface area contributed by atoms with Crippen LogP contribution in [0.4, 0.5) is 5.69 Å². The van der Waals surface area contributed by atoms with E-state index < -0.39 is 28.6 Å². The molecular weight excluding hydrogens is 282 g/mol. The van der Waals surface area contributed by atoms with Crippen molar-refractivity contribution in [3.05, 3.63) is 49.0 Å². The summed E-state index contributed by atoms with van der Waals surface area (Å²) in [6.45, 7) is 1.23. The van der Waals surface area contributed by atoms with Gasteiger partial charge in [-0.1, -0.05) is 0 Å². The lowest BCUT2D eigenvalue weighted by Crippen LogP contribution is -2.38. The summed E-state index contributed by atoms with van der Waals surface area (Å²) in [5.41, 5.74) is -1.85. The van der Waals surface area contributed by atoms with Crippen molar-refractivity contribution in [1.82, 2.24) is 9.55 Å². The van der Waals surface area contributed by atoms with E-state index in [0.29, 0.717) is 0 Å². The molecule has 9 heteroatoms. The second-order valence-corrected chi connectivity index (χ2v) is 4.11. The summed E-state index contributed by atoms with van der Waals surface area (Å²) in [5.74, 6) is -0.710. The molecule has 2 aromatic rings. The molecule has 21 heavy (non-hydrogen) atoms. The lowest BCUT2D eigenvalue weighted by Gasteiger charge is -2.08. The maximum atomic E-state index is 11.8. The molecule has 0 aliphatic carbocycles. The van der Waals surface area contributed by atoms with Crippen molar-refractivity contribution in [2.45, 2.75) is 13.5 Å². The average molecular weight is 293 g/mol. The third kappa shape index (κ3) is 2.81. The van der Waals surface area contributed by atoms with Crippen molar-refractivity contribution in [1.29, 1.82) is 0 Å². The molecule has 1 aromatic heterocycles. The molecule has 0 atom stereocenters. The summed E-state index contributed by atoms with van der Waals surface area (Å²) in [4.78, 5) is 47.4.